The van der Waals surface area contributed by atoms with Crippen LogP contribution in [-0.4, -0.2) is 12.8 Å². The van der Waals surface area contributed by atoms with E-state index in [2.05, 4.69) is 10.1 Å². The second-order valence-corrected chi connectivity index (χ2v) is 4.02. The van der Waals surface area contributed by atoms with Gasteiger partial charge in [-0.15, -0.1) is 0 Å². The molecule has 0 radical (unpaired) electrons. The first kappa shape index (κ1) is 17.0. The molecule has 0 heterocycles. The van der Waals surface area contributed by atoms with Crippen molar-refractivity contribution in [3.63, 3.8) is 0 Å². The lowest BCUT2D eigenvalue weighted by atomic mass is 10.2. The van der Waals surface area contributed by atoms with Crippen molar-refractivity contribution in [1.29, 1.82) is 15.8 Å². The Labute approximate surface area is 124 Å². The van der Waals surface area contributed by atoms with E-state index < -0.39 is 12.8 Å². The first-order valence-electron chi connectivity index (χ1n) is 5.84. The van der Waals surface area contributed by atoms with E-state index in [-0.39, 0.29) is 17.9 Å². The lowest BCUT2D eigenvalue weighted by molar-refractivity contribution is -0.176. The third-order valence-corrected chi connectivity index (χ3v) is 2.34. The van der Waals surface area contributed by atoms with Crippen molar-refractivity contribution in [2.24, 2.45) is 0 Å². The summed E-state index contributed by atoms with van der Waals surface area (Å²) in [5.74, 6) is 0. The van der Waals surface area contributed by atoms with Gasteiger partial charge in [-0.05, 0) is 17.7 Å². The number of nitrogens with one attached hydrogen (secondary N) is 1. The van der Waals surface area contributed by atoms with Gasteiger partial charge in [-0.25, -0.2) is 0 Å². The first-order valence-corrected chi connectivity index (χ1v) is 5.84. The molecule has 112 valence electrons. The lowest BCUT2D eigenvalue weighted by Crippen LogP contribution is -2.16. The van der Waals surface area contributed by atoms with Gasteiger partial charge in [-0.1, -0.05) is 12.1 Å². The summed E-state index contributed by atoms with van der Waals surface area (Å²) >= 11 is 0. The van der Waals surface area contributed by atoms with Crippen molar-refractivity contribution in [3.8, 4) is 18.2 Å². The van der Waals surface area contributed by atoms with Crippen LogP contribution in [0.25, 0.3) is 0 Å². The molecule has 1 N–H and O–H groups in total. The van der Waals surface area contributed by atoms with E-state index in [4.69, 9.17) is 15.8 Å². The maximum absolute atomic E-state index is 11.9. The number of hydrogen-bond acceptors (Lipinski definition) is 5. The van der Waals surface area contributed by atoms with Gasteiger partial charge in [0.25, 0.3) is 0 Å². The van der Waals surface area contributed by atoms with Crippen molar-refractivity contribution < 1.29 is 17.9 Å². The fraction of sp³-hybridized carbons (Fsp3) is 0.214. The van der Waals surface area contributed by atoms with Gasteiger partial charge in [0, 0.05) is 5.69 Å². The van der Waals surface area contributed by atoms with Gasteiger partial charge in [-0.3, -0.25) is 0 Å². The number of hydrogen-bond donors (Lipinski definition) is 1. The Morgan fingerprint density at radius 2 is 1.64 bits per heavy atom. The third-order valence-electron chi connectivity index (χ3n) is 2.34. The highest BCUT2D eigenvalue weighted by molar-refractivity contribution is 5.58. The zero-order valence-corrected chi connectivity index (χ0v) is 11.1. The minimum Gasteiger partial charge on any atom is -0.367 e. The summed E-state index contributed by atoms with van der Waals surface area (Å²) in [6.07, 6.45) is -4.38. The van der Waals surface area contributed by atoms with Crippen LogP contribution < -0.4 is 5.32 Å². The molecule has 0 bridgehead atoms. The molecule has 0 atom stereocenters. The minimum atomic E-state index is -4.38. The number of ether oxygens (including phenoxy) is 1. The van der Waals surface area contributed by atoms with Crippen LogP contribution in [0.1, 0.15) is 5.56 Å². The number of nitrogens with zero attached hydrogens (tertiary/aromatic N) is 3. The van der Waals surface area contributed by atoms with E-state index in [9.17, 15) is 13.2 Å². The number of alkyl halides is 3. The van der Waals surface area contributed by atoms with Gasteiger partial charge in [0.1, 0.15) is 30.5 Å². The van der Waals surface area contributed by atoms with E-state index in [1.807, 2.05) is 0 Å². The zero-order valence-electron chi connectivity index (χ0n) is 11.1. The van der Waals surface area contributed by atoms with Gasteiger partial charge in [0.05, 0.1) is 6.61 Å². The molecule has 8 heteroatoms. The normalized spacial score (nSPS) is 10.0. The first-order chi connectivity index (χ1) is 10.4. The molecule has 0 amide bonds. The van der Waals surface area contributed by atoms with E-state index in [1.54, 1.807) is 18.2 Å². The van der Waals surface area contributed by atoms with Crippen LogP contribution in [0.3, 0.4) is 0 Å². The second-order valence-electron chi connectivity index (χ2n) is 4.02. The highest BCUT2D eigenvalue weighted by atomic mass is 19.4. The summed E-state index contributed by atoms with van der Waals surface area (Å²) in [4.78, 5) is 0. The summed E-state index contributed by atoms with van der Waals surface area (Å²) in [6, 6.07) is 10.9. The second kappa shape index (κ2) is 7.68. The Hall–Kier alpha value is -3.02. The fourth-order valence-corrected chi connectivity index (χ4v) is 1.40. The van der Waals surface area contributed by atoms with Crippen molar-refractivity contribution in [2.45, 2.75) is 12.8 Å². The topological polar surface area (TPSA) is 92.6 Å². The van der Waals surface area contributed by atoms with Crippen LogP contribution in [0.5, 0.6) is 0 Å². The van der Waals surface area contributed by atoms with Gasteiger partial charge in [0.15, 0.2) is 5.57 Å². The number of halogens is 3. The molecule has 1 aromatic carbocycles. The van der Waals surface area contributed by atoms with Crippen molar-refractivity contribution in [2.75, 3.05) is 11.9 Å². The maximum Gasteiger partial charge on any atom is 0.411 e. The Bertz CT molecular complexity index is 657. The number of rotatable bonds is 5. The molecule has 0 spiro atoms. The summed E-state index contributed by atoms with van der Waals surface area (Å²) in [5, 5.41) is 28.8. The van der Waals surface area contributed by atoms with Gasteiger partial charge >= 0.3 is 6.18 Å². The smallest absolute Gasteiger partial charge is 0.367 e. The van der Waals surface area contributed by atoms with Crippen LogP contribution >= 0.6 is 0 Å². The molecule has 0 aliphatic rings. The van der Waals surface area contributed by atoms with E-state index in [0.29, 0.717) is 11.3 Å². The predicted octanol–water partition coefficient (Wildman–Crippen LogP) is 3.00. The van der Waals surface area contributed by atoms with Gasteiger partial charge in [-0.2, -0.15) is 29.0 Å². The SMILES string of the molecule is N#CC(C#N)=C(C#N)Nc1ccc(COCC(F)(F)F)cc1. The number of nitriles is 3. The Kier molecular flexibility index (Phi) is 5.95. The maximum atomic E-state index is 11.9. The van der Waals surface area contributed by atoms with Crippen LogP contribution in [0.2, 0.25) is 0 Å². The summed E-state index contributed by atoms with van der Waals surface area (Å²) in [7, 11) is 0. The van der Waals surface area contributed by atoms with Crippen LogP contribution in [0, 0.1) is 34.0 Å². The molecule has 0 aromatic heterocycles. The molecule has 22 heavy (non-hydrogen) atoms. The Morgan fingerprint density at radius 1 is 1.05 bits per heavy atom. The van der Waals surface area contributed by atoms with E-state index in [1.165, 1.54) is 24.3 Å². The summed E-state index contributed by atoms with van der Waals surface area (Å²) in [6.45, 7) is -1.54. The number of anilines is 1. The molecule has 0 aliphatic carbocycles. The average Bonchev–Trinajstić information content (AvgIpc) is 2.47. The molecular weight excluding hydrogens is 297 g/mol. The molecule has 5 nitrogen and oxygen atoms in total. The zero-order chi connectivity index (χ0) is 16.6. The van der Waals surface area contributed by atoms with Gasteiger partial charge in [0.2, 0.25) is 0 Å². The Balaban J connectivity index is 2.71. The monoisotopic (exact) mass is 306 g/mol. The highest BCUT2D eigenvalue weighted by Crippen LogP contribution is 2.17. The molecule has 0 fully saturated rings. The largest absolute Gasteiger partial charge is 0.411 e. The van der Waals surface area contributed by atoms with Gasteiger partial charge < -0.3 is 10.1 Å². The van der Waals surface area contributed by atoms with Crippen LogP contribution in [0.15, 0.2) is 35.5 Å². The summed E-state index contributed by atoms with van der Waals surface area (Å²) in [5.41, 5.74) is 0.364. The van der Waals surface area contributed by atoms with E-state index in [0.717, 1.165) is 0 Å². The standard InChI is InChI=1S/C14H9F3N4O/c15-14(16,17)9-22-8-10-1-3-12(4-2-10)21-13(7-20)11(5-18)6-19/h1-4,21H,8-9H2. The molecule has 0 aliphatic heterocycles. The molecular formula is C14H9F3N4O. The van der Waals surface area contributed by atoms with Crippen molar-refractivity contribution in [3.05, 3.63) is 41.1 Å². The molecule has 1 rings (SSSR count). The van der Waals surface area contributed by atoms with Crippen molar-refractivity contribution >= 4 is 5.69 Å². The lowest BCUT2D eigenvalue weighted by Gasteiger charge is -2.09. The quantitative estimate of drug-likeness (QED) is 0.844. The Morgan fingerprint density at radius 3 is 2.09 bits per heavy atom. The highest BCUT2D eigenvalue weighted by Gasteiger charge is 2.27. The molecule has 0 saturated heterocycles. The molecule has 0 saturated carbocycles. The fourth-order valence-electron chi connectivity index (χ4n) is 1.40. The number of allylic oxidation sites excluding steroid dienone is 2. The molecule has 1 aromatic rings. The predicted molar refractivity (Wildman–Crippen MR) is 69.6 cm³/mol. The van der Waals surface area contributed by atoms with Crippen LogP contribution in [0.4, 0.5) is 18.9 Å². The third kappa shape index (κ3) is 5.54. The summed E-state index contributed by atoms with van der Waals surface area (Å²) < 4.78 is 40.3. The number of benzene rings is 1. The average molecular weight is 306 g/mol. The van der Waals surface area contributed by atoms with Crippen molar-refractivity contribution in [1.82, 2.24) is 0 Å². The minimum absolute atomic E-state index is 0.203. The molecule has 0 unspecified atom stereocenters. The van der Waals surface area contributed by atoms with E-state index >= 15 is 0 Å². The van der Waals surface area contributed by atoms with Crippen LogP contribution in [-0.2, 0) is 11.3 Å².